The average molecular weight is 342 g/mol. The molecule has 0 radical (unpaired) electrons. The Morgan fingerprint density at radius 1 is 1.15 bits per heavy atom. The Morgan fingerprint density at radius 3 is 2.25 bits per heavy atom. The average Bonchev–Trinajstić information content (AvgIpc) is 2.25. The minimum absolute atomic E-state index is 0.0383. The predicted molar refractivity (Wildman–Crippen MR) is 79.0 cm³/mol. The first-order chi connectivity index (χ1) is 9.00. The molecule has 2 N–H and O–H groups in total. The number of primary sulfonamides is 1. The molecule has 0 saturated carbocycles. The second-order valence-electron chi connectivity index (χ2n) is 5.07. The highest BCUT2D eigenvalue weighted by atomic mass is 35.5. The van der Waals surface area contributed by atoms with E-state index in [1.165, 1.54) is 12.1 Å². The summed E-state index contributed by atoms with van der Waals surface area (Å²) in [6.07, 6.45) is 0. The third-order valence-electron chi connectivity index (χ3n) is 2.17. The molecule has 114 valence electrons. The Hall–Kier alpha value is -0.530. The number of sulfonamides is 1. The van der Waals surface area contributed by atoms with Gasteiger partial charge >= 0.3 is 0 Å². The Balaban J connectivity index is 2.76. The van der Waals surface area contributed by atoms with Gasteiger partial charge in [0.25, 0.3) is 0 Å². The molecule has 0 unspecified atom stereocenters. The SMILES string of the molecule is CC(C)(C)OCCOc1cc(Cl)c(S(N)(=O)=O)cc1Cl. The van der Waals surface area contributed by atoms with Crippen molar-refractivity contribution in [3.05, 3.63) is 22.2 Å². The van der Waals surface area contributed by atoms with E-state index in [1.807, 2.05) is 20.8 Å². The Labute approximate surface area is 129 Å². The van der Waals surface area contributed by atoms with Gasteiger partial charge in [0.05, 0.1) is 22.3 Å². The van der Waals surface area contributed by atoms with Crippen molar-refractivity contribution in [1.82, 2.24) is 0 Å². The van der Waals surface area contributed by atoms with Gasteiger partial charge in [0.15, 0.2) is 0 Å². The van der Waals surface area contributed by atoms with Crippen molar-refractivity contribution >= 4 is 33.2 Å². The van der Waals surface area contributed by atoms with Crippen molar-refractivity contribution in [1.29, 1.82) is 0 Å². The summed E-state index contributed by atoms with van der Waals surface area (Å²) >= 11 is 11.8. The summed E-state index contributed by atoms with van der Waals surface area (Å²) in [7, 11) is -3.91. The normalized spacial score (nSPS) is 12.5. The molecule has 0 fully saturated rings. The molecule has 0 aliphatic rings. The largest absolute Gasteiger partial charge is 0.490 e. The fraction of sp³-hybridized carbons (Fsp3) is 0.500. The fourth-order valence-corrected chi connectivity index (χ4v) is 2.71. The maximum absolute atomic E-state index is 11.3. The van der Waals surface area contributed by atoms with Gasteiger partial charge in [-0.15, -0.1) is 0 Å². The number of halogens is 2. The summed E-state index contributed by atoms with van der Waals surface area (Å²) in [5.41, 5.74) is -0.262. The quantitative estimate of drug-likeness (QED) is 0.835. The van der Waals surface area contributed by atoms with Gasteiger partial charge < -0.3 is 9.47 Å². The molecule has 0 bridgehead atoms. The minimum Gasteiger partial charge on any atom is -0.490 e. The van der Waals surface area contributed by atoms with E-state index in [-0.39, 0.29) is 32.9 Å². The van der Waals surface area contributed by atoms with Crippen LogP contribution in [0.2, 0.25) is 10.0 Å². The van der Waals surface area contributed by atoms with Crippen LogP contribution in [0.25, 0.3) is 0 Å². The molecule has 0 aliphatic heterocycles. The molecular weight excluding hydrogens is 325 g/mol. The Morgan fingerprint density at radius 2 is 1.75 bits per heavy atom. The maximum atomic E-state index is 11.3. The van der Waals surface area contributed by atoms with E-state index in [0.717, 1.165) is 0 Å². The van der Waals surface area contributed by atoms with Crippen LogP contribution in [0.5, 0.6) is 5.75 Å². The number of rotatable bonds is 5. The molecule has 1 rings (SSSR count). The molecule has 5 nitrogen and oxygen atoms in total. The first kappa shape index (κ1) is 17.5. The molecule has 0 aromatic heterocycles. The zero-order valence-electron chi connectivity index (χ0n) is 11.4. The lowest BCUT2D eigenvalue weighted by atomic mass is 10.2. The summed E-state index contributed by atoms with van der Waals surface area (Å²) in [6, 6.07) is 2.49. The van der Waals surface area contributed by atoms with Crippen LogP contribution in [-0.4, -0.2) is 27.2 Å². The third kappa shape index (κ3) is 5.46. The van der Waals surface area contributed by atoms with Gasteiger partial charge in [-0.1, -0.05) is 23.2 Å². The standard InChI is InChI=1S/C12H17Cl2NO4S/c1-12(2,3)19-5-4-18-10-6-9(14)11(7-8(10)13)20(15,16)17/h6-7H,4-5H2,1-3H3,(H2,15,16,17). The summed E-state index contributed by atoms with van der Waals surface area (Å²) < 4.78 is 33.4. The lowest BCUT2D eigenvalue weighted by molar-refractivity contribution is -0.0162. The fourth-order valence-electron chi connectivity index (χ4n) is 1.34. The first-order valence-corrected chi connectivity index (χ1v) is 8.09. The van der Waals surface area contributed by atoms with E-state index < -0.39 is 10.0 Å². The van der Waals surface area contributed by atoms with Crippen molar-refractivity contribution in [2.24, 2.45) is 5.14 Å². The van der Waals surface area contributed by atoms with Crippen molar-refractivity contribution in [2.45, 2.75) is 31.3 Å². The van der Waals surface area contributed by atoms with E-state index >= 15 is 0 Å². The van der Waals surface area contributed by atoms with Gasteiger partial charge in [0, 0.05) is 6.07 Å². The lowest BCUT2D eigenvalue weighted by Crippen LogP contribution is -2.22. The minimum atomic E-state index is -3.91. The molecule has 0 spiro atoms. The second-order valence-corrected chi connectivity index (χ2v) is 7.41. The van der Waals surface area contributed by atoms with Crippen molar-refractivity contribution in [3.63, 3.8) is 0 Å². The van der Waals surface area contributed by atoms with Crippen LogP contribution in [0.1, 0.15) is 20.8 Å². The van der Waals surface area contributed by atoms with Gasteiger partial charge in [-0.05, 0) is 26.8 Å². The highest BCUT2D eigenvalue weighted by molar-refractivity contribution is 7.89. The Kier molecular flexibility index (Phi) is 5.69. The molecule has 0 amide bonds. The van der Waals surface area contributed by atoms with Crippen LogP contribution >= 0.6 is 23.2 Å². The molecule has 1 aromatic carbocycles. The number of hydrogen-bond donors (Lipinski definition) is 1. The Bertz CT molecular complexity index is 582. The summed E-state index contributed by atoms with van der Waals surface area (Å²) in [5.74, 6) is 0.279. The summed E-state index contributed by atoms with van der Waals surface area (Å²) in [4.78, 5) is -0.234. The van der Waals surface area contributed by atoms with Crippen LogP contribution < -0.4 is 9.88 Å². The number of nitrogens with two attached hydrogens (primary N) is 1. The zero-order valence-corrected chi connectivity index (χ0v) is 13.8. The van der Waals surface area contributed by atoms with Crippen LogP contribution in [-0.2, 0) is 14.8 Å². The van der Waals surface area contributed by atoms with Crippen molar-refractivity contribution < 1.29 is 17.9 Å². The second kappa shape index (κ2) is 6.49. The van der Waals surface area contributed by atoms with E-state index in [9.17, 15) is 8.42 Å². The number of hydrogen-bond acceptors (Lipinski definition) is 4. The van der Waals surface area contributed by atoms with Gasteiger partial charge in [-0.2, -0.15) is 0 Å². The molecular formula is C12H17Cl2NO4S. The zero-order chi connectivity index (χ0) is 15.6. The molecule has 1 aromatic rings. The summed E-state index contributed by atoms with van der Waals surface area (Å²) in [6.45, 7) is 6.42. The molecule has 0 saturated heterocycles. The van der Waals surface area contributed by atoms with Gasteiger partial charge in [0.1, 0.15) is 17.3 Å². The van der Waals surface area contributed by atoms with Crippen molar-refractivity contribution in [2.75, 3.05) is 13.2 Å². The highest BCUT2D eigenvalue weighted by Crippen LogP contribution is 2.33. The molecule has 0 heterocycles. The van der Waals surface area contributed by atoms with E-state index in [1.54, 1.807) is 0 Å². The monoisotopic (exact) mass is 341 g/mol. The summed E-state index contributed by atoms with van der Waals surface area (Å²) in [5, 5.41) is 5.10. The predicted octanol–water partition coefficient (Wildman–Crippen LogP) is 2.83. The molecule has 20 heavy (non-hydrogen) atoms. The molecule has 0 aliphatic carbocycles. The van der Waals surface area contributed by atoms with E-state index in [0.29, 0.717) is 6.61 Å². The third-order valence-corrected chi connectivity index (χ3v) is 3.84. The van der Waals surface area contributed by atoms with Gasteiger partial charge in [-0.25, -0.2) is 13.6 Å². The van der Waals surface area contributed by atoms with Crippen LogP contribution in [0, 0.1) is 0 Å². The molecule has 0 atom stereocenters. The highest BCUT2D eigenvalue weighted by Gasteiger charge is 2.17. The number of ether oxygens (including phenoxy) is 2. The first-order valence-electron chi connectivity index (χ1n) is 5.79. The molecule has 8 heteroatoms. The van der Waals surface area contributed by atoms with Crippen LogP contribution in [0.15, 0.2) is 17.0 Å². The van der Waals surface area contributed by atoms with Gasteiger partial charge in [0.2, 0.25) is 10.0 Å². The van der Waals surface area contributed by atoms with Crippen LogP contribution in [0.4, 0.5) is 0 Å². The van der Waals surface area contributed by atoms with E-state index in [2.05, 4.69) is 0 Å². The van der Waals surface area contributed by atoms with Crippen molar-refractivity contribution in [3.8, 4) is 5.75 Å². The van der Waals surface area contributed by atoms with Crippen LogP contribution in [0.3, 0.4) is 0 Å². The smallest absolute Gasteiger partial charge is 0.239 e. The number of benzene rings is 1. The topological polar surface area (TPSA) is 78.6 Å². The van der Waals surface area contributed by atoms with Gasteiger partial charge in [-0.3, -0.25) is 0 Å². The maximum Gasteiger partial charge on any atom is 0.239 e. The lowest BCUT2D eigenvalue weighted by Gasteiger charge is -2.19. The van der Waals surface area contributed by atoms with E-state index in [4.69, 9.17) is 37.8 Å².